The molecule has 3 aromatic rings. The van der Waals surface area contributed by atoms with Gasteiger partial charge >= 0.3 is 6.09 Å². The van der Waals surface area contributed by atoms with E-state index in [9.17, 15) is 15.0 Å². The van der Waals surface area contributed by atoms with Crippen LogP contribution < -0.4 is 0 Å². The average Bonchev–Trinajstić information content (AvgIpc) is 2.87. The van der Waals surface area contributed by atoms with Gasteiger partial charge in [-0.25, -0.2) is 4.79 Å². The third-order valence-electron chi connectivity index (χ3n) is 6.29. The minimum atomic E-state index is -1.02. The van der Waals surface area contributed by atoms with E-state index < -0.39 is 30.3 Å². The molecule has 1 heterocycles. The van der Waals surface area contributed by atoms with Gasteiger partial charge in [0.15, 0.2) is 0 Å². The number of nitrogens with zero attached hydrogens (tertiary/aromatic N) is 1. The molecule has 0 bridgehead atoms. The Morgan fingerprint density at radius 2 is 1.35 bits per heavy atom. The van der Waals surface area contributed by atoms with Crippen LogP contribution in [0.2, 0.25) is 0 Å². The zero-order valence-electron chi connectivity index (χ0n) is 19.1. The van der Waals surface area contributed by atoms with Gasteiger partial charge in [-0.2, -0.15) is 0 Å². The van der Waals surface area contributed by atoms with Crippen LogP contribution in [0.3, 0.4) is 0 Å². The summed E-state index contributed by atoms with van der Waals surface area (Å²) in [5.74, 6) is -0.396. The van der Waals surface area contributed by atoms with Gasteiger partial charge in [0.25, 0.3) is 0 Å². The number of amides is 1. The maximum Gasteiger partial charge on any atom is 0.407 e. The fourth-order valence-corrected chi connectivity index (χ4v) is 4.50. The van der Waals surface area contributed by atoms with Crippen molar-refractivity contribution in [3.05, 3.63) is 108 Å². The molecule has 4 rings (SSSR count). The molecule has 1 saturated heterocycles. The summed E-state index contributed by atoms with van der Waals surface area (Å²) in [6, 6.07) is 28.7. The normalized spacial score (nSPS) is 22.4. The highest BCUT2D eigenvalue weighted by Gasteiger charge is 2.45. The molecule has 6 heteroatoms. The van der Waals surface area contributed by atoms with Crippen LogP contribution in [0.15, 0.2) is 91.0 Å². The molecule has 1 aliphatic rings. The lowest BCUT2D eigenvalue weighted by Crippen LogP contribution is -2.62. The average molecular weight is 462 g/mol. The Morgan fingerprint density at radius 1 is 0.824 bits per heavy atom. The molecule has 1 fully saturated rings. The van der Waals surface area contributed by atoms with E-state index in [0.29, 0.717) is 19.6 Å². The predicted molar refractivity (Wildman–Crippen MR) is 129 cm³/mol. The lowest BCUT2D eigenvalue weighted by molar-refractivity contribution is -0.146. The highest BCUT2D eigenvalue weighted by Crippen LogP contribution is 2.29. The van der Waals surface area contributed by atoms with E-state index in [2.05, 4.69) is 0 Å². The fourth-order valence-electron chi connectivity index (χ4n) is 4.50. The second kappa shape index (κ2) is 11.8. The Labute approximate surface area is 200 Å². The van der Waals surface area contributed by atoms with Crippen molar-refractivity contribution < 1.29 is 24.5 Å². The maximum atomic E-state index is 12.3. The van der Waals surface area contributed by atoms with Crippen molar-refractivity contribution in [2.75, 3.05) is 13.2 Å². The quantitative estimate of drug-likeness (QED) is 0.495. The number of hydrogen-bond donors (Lipinski definition) is 2. The van der Waals surface area contributed by atoms with Crippen molar-refractivity contribution >= 4 is 6.09 Å². The van der Waals surface area contributed by atoms with Gasteiger partial charge in [-0.3, -0.25) is 0 Å². The molecule has 2 N–H and O–H groups in total. The van der Waals surface area contributed by atoms with Crippen molar-refractivity contribution in [1.82, 2.24) is 4.90 Å². The number of aliphatic hydroxyl groups excluding tert-OH is 1. The molecule has 0 aliphatic carbocycles. The van der Waals surface area contributed by atoms with Crippen molar-refractivity contribution in [3.8, 4) is 0 Å². The first-order valence-electron chi connectivity index (χ1n) is 11.6. The fraction of sp³-hybridized carbons (Fsp3) is 0.321. The number of rotatable bonds is 9. The van der Waals surface area contributed by atoms with Crippen molar-refractivity contribution in [3.63, 3.8) is 0 Å². The Bertz CT molecular complexity index is 1010. The van der Waals surface area contributed by atoms with E-state index >= 15 is 0 Å². The number of ether oxygens (including phenoxy) is 2. The highest BCUT2D eigenvalue weighted by atomic mass is 16.5. The zero-order valence-corrected chi connectivity index (χ0v) is 19.1. The smallest absolute Gasteiger partial charge is 0.407 e. The number of hydrogen-bond acceptors (Lipinski definition) is 4. The van der Waals surface area contributed by atoms with Crippen LogP contribution >= 0.6 is 0 Å². The van der Waals surface area contributed by atoms with Gasteiger partial charge in [0.05, 0.1) is 32.0 Å². The lowest BCUT2D eigenvalue weighted by atomic mass is 9.84. The van der Waals surface area contributed by atoms with Crippen molar-refractivity contribution in [2.24, 2.45) is 5.92 Å². The second-order valence-electron chi connectivity index (χ2n) is 8.70. The van der Waals surface area contributed by atoms with E-state index in [4.69, 9.17) is 9.47 Å². The Hall–Kier alpha value is -3.19. The summed E-state index contributed by atoms with van der Waals surface area (Å²) >= 11 is 0. The van der Waals surface area contributed by atoms with Crippen LogP contribution in [0.25, 0.3) is 0 Å². The largest absolute Gasteiger partial charge is 0.465 e. The second-order valence-corrected chi connectivity index (χ2v) is 8.70. The van der Waals surface area contributed by atoms with Crippen molar-refractivity contribution in [1.29, 1.82) is 0 Å². The molecule has 0 saturated carbocycles. The van der Waals surface area contributed by atoms with Crippen LogP contribution in [0, 0.1) is 5.92 Å². The zero-order chi connectivity index (χ0) is 23.8. The van der Waals surface area contributed by atoms with Gasteiger partial charge < -0.3 is 24.6 Å². The van der Waals surface area contributed by atoms with Crippen LogP contribution in [0.1, 0.15) is 16.7 Å². The number of carboxylic acid groups (broad SMARTS) is 1. The standard InChI is InChI=1S/C28H31NO5/c30-26-24(20-33-18-22-12-6-2-7-13-22)17-29(28(31)32)25(16-21-10-4-1-5-11-21)27(26)34-19-23-14-8-3-9-15-23/h1-15,24-27,30H,16-20H2,(H,31,32)/t24-,25?,26-,27-/m1/s1. The summed E-state index contributed by atoms with van der Waals surface area (Å²) in [4.78, 5) is 13.7. The van der Waals surface area contributed by atoms with Gasteiger partial charge in [0, 0.05) is 12.5 Å². The lowest BCUT2D eigenvalue weighted by Gasteiger charge is -2.46. The molecule has 178 valence electrons. The molecule has 1 unspecified atom stereocenters. The summed E-state index contributed by atoms with van der Waals surface area (Å²) in [6.07, 6.45) is -2.10. The molecule has 0 aromatic heterocycles. The predicted octanol–water partition coefficient (Wildman–Crippen LogP) is 4.37. The van der Waals surface area contributed by atoms with Crippen LogP contribution in [-0.4, -0.2) is 52.6 Å². The first kappa shape index (κ1) is 24.0. The summed E-state index contributed by atoms with van der Waals surface area (Å²) < 4.78 is 12.1. The van der Waals surface area contributed by atoms with E-state index in [1.165, 1.54) is 4.90 Å². The number of carbonyl (C=O) groups is 1. The van der Waals surface area contributed by atoms with Gasteiger partial charge in [-0.15, -0.1) is 0 Å². The Balaban J connectivity index is 1.51. The Kier molecular flexibility index (Phi) is 8.31. The molecular weight excluding hydrogens is 430 g/mol. The van der Waals surface area contributed by atoms with Gasteiger partial charge in [-0.1, -0.05) is 91.0 Å². The van der Waals surface area contributed by atoms with Crippen LogP contribution in [0.5, 0.6) is 0 Å². The van der Waals surface area contributed by atoms with E-state index in [0.717, 1.165) is 16.7 Å². The minimum absolute atomic E-state index is 0.188. The summed E-state index contributed by atoms with van der Waals surface area (Å²) in [7, 11) is 0. The number of aliphatic hydroxyl groups is 1. The molecular formula is C28H31NO5. The van der Waals surface area contributed by atoms with Gasteiger partial charge in [0.2, 0.25) is 0 Å². The maximum absolute atomic E-state index is 12.3. The monoisotopic (exact) mass is 461 g/mol. The highest BCUT2D eigenvalue weighted by molar-refractivity contribution is 5.66. The van der Waals surface area contributed by atoms with E-state index in [1.54, 1.807) is 0 Å². The molecule has 6 nitrogen and oxygen atoms in total. The number of piperidine rings is 1. The first-order chi connectivity index (χ1) is 16.6. The van der Waals surface area contributed by atoms with Gasteiger partial charge in [-0.05, 0) is 23.1 Å². The SMILES string of the molecule is O=C(O)N1C[C@H](COCc2ccccc2)[C@@H](O)[C@H](OCc2ccccc2)C1Cc1ccccc1. The Morgan fingerprint density at radius 3 is 1.91 bits per heavy atom. The molecule has 4 atom stereocenters. The van der Waals surface area contributed by atoms with Crippen LogP contribution in [0.4, 0.5) is 4.79 Å². The van der Waals surface area contributed by atoms with E-state index in [1.807, 2.05) is 91.0 Å². The third-order valence-corrected chi connectivity index (χ3v) is 6.29. The molecule has 34 heavy (non-hydrogen) atoms. The summed E-state index contributed by atoms with van der Waals surface area (Å²) in [5, 5.41) is 21.4. The van der Waals surface area contributed by atoms with E-state index in [-0.39, 0.29) is 13.2 Å². The number of likely N-dealkylation sites (tertiary alicyclic amines) is 1. The van der Waals surface area contributed by atoms with Gasteiger partial charge in [0.1, 0.15) is 6.10 Å². The molecule has 1 aliphatic heterocycles. The minimum Gasteiger partial charge on any atom is -0.465 e. The van der Waals surface area contributed by atoms with Crippen LogP contribution in [-0.2, 0) is 29.1 Å². The topological polar surface area (TPSA) is 79.2 Å². The molecule has 1 amide bonds. The van der Waals surface area contributed by atoms with Crippen molar-refractivity contribution in [2.45, 2.75) is 37.9 Å². The summed E-state index contributed by atoms with van der Waals surface area (Å²) in [6.45, 7) is 1.12. The summed E-state index contributed by atoms with van der Waals surface area (Å²) in [5.41, 5.74) is 3.00. The molecule has 3 aromatic carbocycles. The third kappa shape index (κ3) is 6.23. The first-order valence-corrected chi connectivity index (χ1v) is 11.6. The molecule has 0 spiro atoms. The molecule has 0 radical (unpaired) electrons. The number of benzene rings is 3.